The van der Waals surface area contributed by atoms with Crippen LogP contribution in [-0.4, -0.2) is 32.8 Å². The molecule has 2 rings (SSSR count). The lowest BCUT2D eigenvalue weighted by molar-refractivity contribution is 0.0943. The number of hydrogen-bond donors (Lipinski definition) is 1. The second kappa shape index (κ2) is 8.68. The first-order valence-electron chi connectivity index (χ1n) is 7.51. The number of nitrogens with one attached hydrogen (secondary N) is 1. The van der Waals surface area contributed by atoms with Crippen molar-refractivity contribution in [2.75, 3.05) is 26.9 Å². The van der Waals surface area contributed by atoms with Gasteiger partial charge in [-0.05, 0) is 31.2 Å². The van der Waals surface area contributed by atoms with Crippen molar-refractivity contribution in [2.45, 2.75) is 6.92 Å². The van der Waals surface area contributed by atoms with Crippen molar-refractivity contribution in [1.29, 1.82) is 0 Å². The van der Waals surface area contributed by atoms with Crippen molar-refractivity contribution in [3.05, 3.63) is 54.1 Å². The average Bonchev–Trinajstić information content (AvgIpc) is 2.59. The van der Waals surface area contributed by atoms with Crippen LogP contribution in [0.3, 0.4) is 0 Å². The summed E-state index contributed by atoms with van der Waals surface area (Å²) in [6, 6.07) is 14.5. The minimum atomic E-state index is -0.178. The van der Waals surface area contributed by atoms with E-state index in [2.05, 4.69) is 5.32 Å². The van der Waals surface area contributed by atoms with Gasteiger partial charge in [-0.25, -0.2) is 0 Å². The van der Waals surface area contributed by atoms with Gasteiger partial charge < -0.3 is 19.5 Å². The molecule has 23 heavy (non-hydrogen) atoms. The molecule has 0 saturated carbocycles. The van der Waals surface area contributed by atoms with Gasteiger partial charge in [0.25, 0.3) is 5.91 Å². The Bertz CT molecular complexity index is 642. The minimum absolute atomic E-state index is 0.178. The van der Waals surface area contributed by atoms with Crippen molar-refractivity contribution in [2.24, 2.45) is 0 Å². The molecular weight excluding hydrogens is 294 g/mol. The molecule has 1 amide bonds. The predicted molar refractivity (Wildman–Crippen MR) is 88.4 cm³/mol. The van der Waals surface area contributed by atoms with E-state index in [0.29, 0.717) is 36.8 Å². The molecule has 2 aromatic carbocycles. The topological polar surface area (TPSA) is 56.8 Å². The van der Waals surface area contributed by atoms with E-state index in [0.717, 1.165) is 5.75 Å². The molecule has 5 heteroatoms. The first-order valence-corrected chi connectivity index (χ1v) is 7.51. The Morgan fingerprint density at radius 3 is 2.61 bits per heavy atom. The number of ether oxygens (including phenoxy) is 3. The van der Waals surface area contributed by atoms with Gasteiger partial charge in [0.15, 0.2) is 0 Å². The van der Waals surface area contributed by atoms with Gasteiger partial charge >= 0.3 is 0 Å². The molecule has 0 bridgehead atoms. The summed E-state index contributed by atoms with van der Waals surface area (Å²) >= 11 is 0. The molecule has 0 aliphatic heterocycles. The Kier molecular flexibility index (Phi) is 6.29. The van der Waals surface area contributed by atoms with Gasteiger partial charge in [-0.15, -0.1) is 0 Å². The number of carbonyl (C=O) groups is 1. The summed E-state index contributed by atoms with van der Waals surface area (Å²) in [6.07, 6.45) is 0. The molecule has 0 aliphatic carbocycles. The molecule has 0 unspecified atom stereocenters. The molecule has 1 N–H and O–H groups in total. The maximum absolute atomic E-state index is 12.2. The van der Waals surface area contributed by atoms with Crippen molar-refractivity contribution in [3.63, 3.8) is 0 Å². The van der Waals surface area contributed by atoms with Crippen LogP contribution < -0.4 is 19.5 Å². The third-order valence-electron chi connectivity index (χ3n) is 3.13. The van der Waals surface area contributed by atoms with Crippen molar-refractivity contribution < 1.29 is 19.0 Å². The highest BCUT2D eigenvalue weighted by Crippen LogP contribution is 2.19. The number of carbonyl (C=O) groups excluding carboxylic acids is 1. The number of para-hydroxylation sites is 1. The first-order chi connectivity index (χ1) is 11.2. The third kappa shape index (κ3) is 4.92. The van der Waals surface area contributed by atoms with Crippen LogP contribution in [0, 0.1) is 0 Å². The Hall–Kier alpha value is -2.69. The summed E-state index contributed by atoms with van der Waals surface area (Å²) < 4.78 is 16.2. The molecule has 0 radical (unpaired) electrons. The van der Waals surface area contributed by atoms with Gasteiger partial charge in [0, 0.05) is 6.07 Å². The van der Waals surface area contributed by atoms with Gasteiger partial charge in [0.05, 0.1) is 25.8 Å². The van der Waals surface area contributed by atoms with E-state index in [4.69, 9.17) is 14.2 Å². The van der Waals surface area contributed by atoms with Crippen LogP contribution in [0.15, 0.2) is 48.5 Å². The fraction of sp³-hybridized carbons (Fsp3) is 0.278. The zero-order valence-corrected chi connectivity index (χ0v) is 13.4. The standard InChI is InChI=1S/C18H21NO4/c1-3-22-17-10-5-4-9-16(17)18(20)19-11-12-23-15-8-6-7-14(13-15)21-2/h4-10,13H,3,11-12H2,1-2H3,(H,19,20). The summed E-state index contributed by atoms with van der Waals surface area (Å²) in [5, 5.41) is 2.82. The molecule has 0 saturated heterocycles. The van der Waals surface area contributed by atoms with Crippen LogP contribution >= 0.6 is 0 Å². The highest BCUT2D eigenvalue weighted by Gasteiger charge is 2.11. The molecule has 5 nitrogen and oxygen atoms in total. The van der Waals surface area contributed by atoms with Crippen LogP contribution in [0.5, 0.6) is 17.2 Å². The fourth-order valence-corrected chi connectivity index (χ4v) is 2.06. The monoisotopic (exact) mass is 315 g/mol. The first kappa shape index (κ1) is 16.7. The molecule has 0 spiro atoms. The SMILES string of the molecule is CCOc1ccccc1C(=O)NCCOc1cccc(OC)c1. The van der Waals surface area contributed by atoms with E-state index in [-0.39, 0.29) is 5.91 Å². The Morgan fingerprint density at radius 2 is 1.83 bits per heavy atom. The van der Waals surface area contributed by atoms with Crippen LogP contribution in [0.2, 0.25) is 0 Å². The molecule has 0 atom stereocenters. The van der Waals surface area contributed by atoms with E-state index in [1.165, 1.54) is 0 Å². The summed E-state index contributed by atoms with van der Waals surface area (Å²) in [6.45, 7) is 3.17. The Morgan fingerprint density at radius 1 is 1.04 bits per heavy atom. The minimum Gasteiger partial charge on any atom is -0.497 e. The largest absolute Gasteiger partial charge is 0.497 e. The van der Waals surface area contributed by atoms with Gasteiger partial charge in [0.2, 0.25) is 0 Å². The maximum atomic E-state index is 12.2. The lowest BCUT2D eigenvalue weighted by Crippen LogP contribution is -2.28. The third-order valence-corrected chi connectivity index (χ3v) is 3.13. The quantitative estimate of drug-likeness (QED) is 0.761. The van der Waals surface area contributed by atoms with Crippen LogP contribution in [0.1, 0.15) is 17.3 Å². The summed E-state index contributed by atoms with van der Waals surface area (Å²) in [4.78, 5) is 12.2. The number of amides is 1. The lowest BCUT2D eigenvalue weighted by atomic mass is 10.2. The van der Waals surface area contributed by atoms with E-state index in [1.807, 2.05) is 37.3 Å². The molecular formula is C18H21NO4. The van der Waals surface area contributed by atoms with E-state index < -0.39 is 0 Å². The number of methoxy groups -OCH3 is 1. The number of benzene rings is 2. The molecule has 0 aromatic heterocycles. The molecule has 0 fully saturated rings. The normalized spacial score (nSPS) is 10.0. The van der Waals surface area contributed by atoms with Crippen LogP contribution in [-0.2, 0) is 0 Å². The lowest BCUT2D eigenvalue weighted by Gasteiger charge is -2.11. The van der Waals surface area contributed by atoms with Crippen LogP contribution in [0.4, 0.5) is 0 Å². The Balaban J connectivity index is 1.83. The number of rotatable bonds is 8. The summed E-state index contributed by atoms with van der Waals surface area (Å²) in [5.41, 5.74) is 0.524. The van der Waals surface area contributed by atoms with Gasteiger partial charge in [-0.1, -0.05) is 18.2 Å². The highest BCUT2D eigenvalue weighted by molar-refractivity contribution is 5.96. The molecule has 122 valence electrons. The van der Waals surface area contributed by atoms with E-state index in [1.54, 1.807) is 25.3 Å². The van der Waals surface area contributed by atoms with Gasteiger partial charge in [0.1, 0.15) is 23.9 Å². The average molecular weight is 315 g/mol. The van der Waals surface area contributed by atoms with Crippen molar-refractivity contribution >= 4 is 5.91 Å². The predicted octanol–water partition coefficient (Wildman–Crippen LogP) is 2.90. The molecule has 0 heterocycles. The van der Waals surface area contributed by atoms with Crippen molar-refractivity contribution in [1.82, 2.24) is 5.32 Å². The van der Waals surface area contributed by atoms with Crippen LogP contribution in [0.25, 0.3) is 0 Å². The molecule has 2 aromatic rings. The number of hydrogen-bond acceptors (Lipinski definition) is 4. The summed E-state index contributed by atoms with van der Waals surface area (Å²) in [5.74, 6) is 1.84. The van der Waals surface area contributed by atoms with E-state index >= 15 is 0 Å². The van der Waals surface area contributed by atoms with Gasteiger partial charge in [-0.2, -0.15) is 0 Å². The second-order valence-electron chi connectivity index (χ2n) is 4.71. The zero-order valence-electron chi connectivity index (χ0n) is 13.4. The zero-order chi connectivity index (χ0) is 16.5. The smallest absolute Gasteiger partial charge is 0.255 e. The second-order valence-corrected chi connectivity index (χ2v) is 4.71. The fourth-order valence-electron chi connectivity index (χ4n) is 2.06. The van der Waals surface area contributed by atoms with E-state index in [9.17, 15) is 4.79 Å². The van der Waals surface area contributed by atoms with Gasteiger partial charge in [-0.3, -0.25) is 4.79 Å². The highest BCUT2D eigenvalue weighted by atomic mass is 16.5. The summed E-state index contributed by atoms with van der Waals surface area (Å²) in [7, 11) is 1.61. The Labute approximate surface area is 136 Å². The molecule has 0 aliphatic rings. The maximum Gasteiger partial charge on any atom is 0.255 e. The van der Waals surface area contributed by atoms with Crippen molar-refractivity contribution in [3.8, 4) is 17.2 Å².